The maximum atomic E-state index is 11.5. The lowest BCUT2D eigenvalue weighted by Crippen LogP contribution is -1.96. The van der Waals surface area contributed by atoms with Crippen molar-refractivity contribution in [1.82, 2.24) is 14.8 Å². The molecule has 106 valence electrons. The van der Waals surface area contributed by atoms with E-state index in [2.05, 4.69) is 10.2 Å². The van der Waals surface area contributed by atoms with E-state index in [1.54, 1.807) is 24.8 Å². The van der Waals surface area contributed by atoms with Gasteiger partial charge in [0.05, 0.1) is 4.90 Å². The van der Waals surface area contributed by atoms with Crippen molar-refractivity contribution in [3.05, 3.63) is 61.2 Å². The highest BCUT2D eigenvalue weighted by atomic mass is 32.2. The summed E-state index contributed by atoms with van der Waals surface area (Å²) < 4.78 is 24.8. The minimum absolute atomic E-state index is 0.321. The maximum absolute atomic E-state index is 11.5. The third kappa shape index (κ3) is 2.85. The number of benzene rings is 2. The second-order valence-electron chi connectivity index (χ2n) is 4.72. The normalized spacial score (nSPS) is 11.5. The maximum Gasteiger partial charge on any atom is 0.175 e. The Kier molecular flexibility index (Phi) is 3.31. The second kappa shape index (κ2) is 5.14. The highest BCUT2D eigenvalue weighted by molar-refractivity contribution is 7.90. The van der Waals surface area contributed by atoms with E-state index in [0.717, 1.165) is 16.8 Å². The lowest BCUT2D eigenvalue weighted by Gasteiger charge is -2.06. The van der Waals surface area contributed by atoms with Crippen LogP contribution in [0.3, 0.4) is 0 Å². The van der Waals surface area contributed by atoms with Gasteiger partial charge in [-0.3, -0.25) is 4.57 Å². The molecule has 0 aliphatic carbocycles. The topological polar surface area (TPSA) is 64.8 Å². The van der Waals surface area contributed by atoms with Crippen LogP contribution >= 0.6 is 0 Å². The highest BCUT2D eigenvalue weighted by Crippen LogP contribution is 2.23. The Morgan fingerprint density at radius 3 is 2.19 bits per heavy atom. The summed E-state index contributed by atoms with van der Waals surface area (Å²) >= 11 is 0. The van der Waals surface area contributed by atoms with Crippen LogP contribution in [0.15, 0.2) is 66.1 Å². The summed E-state index contributed by atoms with van der Waals surface area (Å²) in [5, 5.41) is 7.57. The van der Waals surface area contributed by atoms with E-state index in [0.29, 0.717) is 4.90 Å². The van der Waals surface area contributed by atoms with Crippen LogP contribution < -0.4 is 0 Å². The Bertz CT molecular complexity index is 854. The Labute approximate surface area is 122 Å². The zero-order chi connectivity index (χ0) is 14.9. The molecule has 0 aliphatic rings. The van der Waals surface area contributed by atoms with Crippen molar-refractivity contribution in [1.29, 1.82) is 0 Å². The van der Waals surface area contributed by atoms with Gasteiger partial charge in [0.25, 0.3) is 0 Å². The van der Waals surface area contributed by atoms with Crippen molar-refractivity contribution < 1.29 is 8.42 Å². The van der Waals surface area contributed by atoms with Gasteiger partial charge < -0.3 is 0 Å². The Morgan fingerprint density at radius 1 is 0.905 bits per heavy atom. The first-order chi connectivity index (χ1) is 10.0. The number of sulfone groups is 1. The van der Waals surface area contributed by atoms with Crippen LogP contribution in [0, 0.1) is 0 Å². The van der Waals surface area contributed by atoms with Gasteiger partial charge in [0.15, 0.2) is 9.84 Å². The summed E-state index contributed by atoms with van der Waals surface area (Å²) in [6, 6.07) is 14.7. The molecule has 0 amide bonds. The molecule has 0 spiro atoms. The predicted octanol–water partition coefficient (Wildman–Crippen LogP) is 2.34. The molecule has 3 rings (SSSR count). The van der Waals surface area contributed by atoms with Crippen LogP contribution in [0.4, 0.5) is 0 Å². The molecular formula is C15H13N3O2S. The number of nitrogens with zero attached hydrogens (tertiary/aromatic N) is 3. The lowest BCUT2D eigenvalue weighted by molar-refractivity contribution is 0.602. The molecule has 2 aromatic carbocycles. The molecule has 5 nitrogen and oxygen atoms in total. The Balaban J connectivity index is 1.99. The minimum Gasteiger partial charge on any atom is -0.288 e. The van der Waals surface area contributed by atoms with Gasteiger partial charge in [0.2, 0.25) is 0 Å². The molecule has 0 fully saturated rings. The smallest absolute Gasteiger partial charge is 0.175 e. The molecule has 1 aromatic heterocycles. The molecule has 0 atom stereocenters. The van der Waals surface area contributed by atoms with Crippen LogP contribution in [0.1, 0.15) is 0 Å². The van der Waals surface area contributed by atoms with E-state index in [9.17, 15) is 8.42 Å². The lowest BCUT2D eigenvalue weighted by atomic mass is 10.1. The van der Waals surface area contributed by atoms with E-state index < -0.39 is 9.84 Å². The molecule has 6 heteroatoms. The van der Waals surface area contributed by atoms with Crippen LogP contribution in [0.2, 0.25) is 0 Å². The third-order valence-corrected chi connectivity index (χ3v) is 4.31. The first-order valence-corrected chi connectivity index (χ1v) is 8.19. The monoisotopic (exact) mass is 299 g/mol. The standard InChI is InChI=1S/C15H13N3O2S/c1-21(19,20)15-7-5-12(6-8-15)13-3-2-4-14(9-13)18-10-16-17-11-18/h2-11H,1H3. The Hall–Kier alpha value is -2.47. The molecule has 0 saturated carbocycles. The van der Waals surface area contributed by atoms with E-state index in [1.165, 1.54) is 6.26 Å². The van der Waals surface area contributed by atoms with Gasteiger partial charge in [-0.2, -0.15) is 0 Å². The van der Waals surface area contributed by atoms with E-state index >= 15 is 0 Å². The van der Waals surface area contributed by atoms with Crippen molar-refractivity contribution in [2.24, 2.45) is 0 Å². The van der Waals surface area contributed by atoms with E-state index in [-0.39, 0.29) is 0 Å². The fourth-order valence-electron chi connectivity index (χ4n) is 2.07. The number of hydrogen-bond donors (Lipinski definition) is 0. The van der Waals surface area contributed by atoms with Crippen molar-refractivity contribution >= 4 is 9.84 Å². The third-order valence-electron chi connectivity index (χ3n) is 3.18. The summed E-state index contributed by atoms with van der Waals surface area (Å²) in [6.45, 7) is 0. The van der Waals surface area contributed by atoms with Gasteiger partial charge >= 0.3 is 0 Å². The largest absolute Gasteiger partial charge is 0.288 e. The van der Waals surface area contributed by atoms with E-state index in [4.69, 9.17) is 0 Å². The molecule has 1 heterocycles. The first kappa shape index (κ1) is 13.5. The van der Waals surface area contributed by atoms with Crippen LogP contribution in [-0.2, 0) is 9.84 Å². The zero-order valence-corrected chi connectivity index (χ0v) is 12.2. The second-order valence-corrected chi connectivity index (χ2v) is 6.73. The first-order valence-electron chi connectivity index (χ1n) is 6.29. The van der Waals surface area contributed by atoms with Crippen LogP contribution in [0.5, 0.6) is 0 Å². The predicted molar refractivity (Wildman–Crippen MR) is 79.9 cm³/mol. The molecule has 0 unspecified atom stereocenters. The van der Waals surface area contributed by atoms with Gasteiger partial charge in [-0.25, -0.2) is 8.42 Å². The van der Waals surface area contributed by atoms with E-state index in [1.807, 2.05) is 41.0 Å². The molecule has 3 aromatic rings. The highest BCUT2D eigenvalue weighted by Gasteiger charge is 2.07. The Morgan fingerprint density at radius 2 is 1.57 bits per heavy atom. The fraction of sp³-hybridized carbons (Fsp3) is 0.0667. The van der Waals surface area contributed by atoms with Gasteiger partial charge in [-0.15, -0.1) is 10.2 Å². The zero-order valence-electron chi connectivity index (χ0n) is 11.3. The molecule has 0 aliphatic heterocycles. The summed E-state index contributed by atoms with van der Waals surface area (Å²) in [5.74, 6) is 0. The molecule has 0 N–H and O–H groups in total. The molecule has 0 saturated heterocycles. The molecule has 0 bridgehead atoms. The fourth-order valence-corrected chi connectivity index (χ4v) is 2.71. The van der Waals surface area contributed by atoms with Crippen molar-refractivity contribution in [2.75, 3.05) is 6.26 Å². The minimum atomic E-state index is -3.17. The number of aromatic nitrogens is 3. The molecule has 21 heavy (non-hydrogen) atoms. The van der Waals surface area contributed by atoms with Crippen molar-refractivity contribution in [2.45, 2.75) is 4.90 Å². The summed E-state index contributed by atoms with van der Waals surface area (Å²) in [4.78, 5) is 0.321. The van der Waals surface area contributed by atoms with Gasteiger partial charge in [0, 0.05) is 11.9 Å². The van der Waals surface area contributed by atoms with Gasteiger partial charge in [-0.1, -0.05) is 24.3 Å². The average molecular weight is 299 g/mol. The average Bonchev–Trinajstić information content (AvgIpc) is 3.01. The summed E-state index contributed by atoms with van der Waals surface area (Å²) in [5.41, 5.74) is 2.91. The summed E-state index contributed by atoms with van der Waals surface area (Å²) in [6.07, 6.45) is 4.46. The SMILES string of the molecule is CS(=O)(=O)c1ccc(-c2cccc(-n3cnnc3)c2)cc1. The quantitative estimate of drug-likeness (QED) is 0.744. The van der Waals surface area contributed by atoms with Crippen molar-refractivity contribution in [3.63, 3.8) is 0 Å². The molecular weight excluding hydrogens is 286 g/mol. The van der Waals surface area contributed by atoms with Gasteiger partial charge in [-0.05, 0) is 35.4 Å². The number of hydrogen-bond acceptors (Lipinski definition) is 4. The van der Waals surface area contributed by atoms with Crippen LogP contribution in [0.25, 0.3) is 16.8 Å². The summed E-state index contributed by atoms with van der Waals surface area (Å²) in [7, 11) is -3.17. The van der Waals surface area contributed by atoms with Crippen molar-refractivity contribution in [3.8, 4) is 16.8 Å². The molecule has 0 radical (unpaired) electrons. The van der Waals surface area contributed by atoms with Gasteiger partial charge in [0.1, 0.15) is 12.7 Å². The van der Waals surface area contributed by atoms with Crippen LogP contribution in [-0.4, -0.2) is 29.4 Å². The number of rotatable bonds is 3.